The molecule has 2 heterocycles. The number of aryl methyl sites for hydroxylation is 1. The Bertz CT molecular complexity index is 558. The third-order valence-electron chi connectivity index (χ3n) is 5.32. The normalized spacial score (nSPS) is 24.9. The second kappa shape index (κ2) is 6.16. The van der Waals surface area contributed by atoms with Gasteiger partial charge < -0.3 is 15.5 Å². The minimum atomic E-state index is -0.584. The van der Waals surface area contributed by atoms with E-state index in [-0.39, 0.29) is 5.91 Å². The number of piperidine rings is 1. The highest BCUT2D eigenvalue weighted by atomic mass is 16.2. The van der Waals surface area contributed by atoms with Crippen LogP contribution in [0.3, 0.4) is 0 Å². The number of amides is 1. The standard InChI is InChI=1S/C19H29N3O/c1-15-5-7-16(8-6-15)21-18(2,3)17(23)22-12-4-9-19(14-22)10-11-20-13-19/h5-8,20-21H,4,9-14H2,1-3H3/t19-/m1/s1. The van der Waals surface area contributed by atoms with Crippen molar-refractivity contribution in [2.75, 3.05) is 31.5 Å². The van der Waals surface area contributed by atoms with Crippen molar-refractivity contribution in [3.8, 4) is 0 Å². The molecule has 4 heteroatoms. The predicted octanol–water partition coefficient (Wildman–Crippen LogP) is 2.79. The Labute approximate surface area is 139 Å². The Kier molecular flexibility index (Phi) is 4.37. The second-order valence-electron chi connectivity index (χ2n) is 7.87. The van der Waals surface area contributed by atoms with Crippen LogP contribution in [0.2, 0.25) is 0 Å². The topological polar surface area (TPSA) is 44.4 Å². The van der Waals surface area contributed by atoms with Crippen molar-refractivity contribution in [1.82, 2.24) is 10.2 Å². The SMILES string of the molecule is Cc1ccc(NC(C)(C)C(=O)N2CCC[C@]3(CCNC3)C2)cc1. The molecule has 1 spiro atoms. The summed E-state index contributed by atoms with van der Waals surface area (Å²) in [7, 11) is 0. The van der Waals surface area contributed by atoms with Crippen LogP contribution in [0.15, 0.2) is 24.3 Å². The van der Waals surface area contributed by atoms with Gasteiger partial charge in [0.25, 0.3) is 0 Å². The quantitative estimate of drug-likeness (QED) is 0.901. The minimum absolute atomic E-state index is 0.212. The molecule has 0 unspecified atom stereocenters. The molecule has 2 N–H and O–H groups in total. The predicted molar refractivity (Wildman–Crippen MR) is 94.6 cm³/mol. The lowest BCUT2D eigenvalue weighted by molar-refractivity contribution is -0.138. The van der Waals surface area contributed by atoms with E-state index < -0.39 is 5.54 Å². The maximum absolute atomic E-state index is 13.1. The van der Waals surface area contributed by atoms with E-state index in [2.05, 4.69) is 34.6 Å². The van der Waals surface area contributed by atoms with Crippen molar-refractivity contribution in [3.63, 3.8) is 0 Å². The van der Waals surface area contributed by atoms with E-state index in [0.29, 0.717) is 5.41 Å². The summed E-state index contributed by atoms with van der Waals surface area (Å²) in [4.78, 5) is 15.2. The van der Waals surface area contributed by atoms with Crippen molar-refractivity contribution < 1.29 is 4.79 Å². The zero-order valence-electron chi connectivity index (χ0n) is 14.6. The summed E-state index contributed by atoms with van der Waals surface area (Å²) in [5.41, 5.74) is 1.96. The Morgan fingerprint density at radius 2 is 2.00 bits per heavy atom. The minimum Gasteiger partial charge on any atom is -0.372 e. The lowest BCUT2D eigenvalue weighted by Gasteiger charge is -2.43. The number of nitrogens with zero attached hydrogens (tertiary/aromatic N) is 1. The number of carbonyl (C=O) groups is 1. The number of anilines is 1. The van der Waals surface area contributed by atoms with Gasteiger partial charge in [-0.15, -0.1) is 0 Å². The number of nitrogens with one attached hydrogen (secondary N) is 2. The van der Waals surface area contributed by atoms with Crippen LogP contribution in [0.4, 0.5) is 5.69 Å². The van der Waals surface area contributed by atoms with E-state index in [1.165, 1.54) is 18.4 Å². The number of likely N-dealkylation sites (tertiary alicyclic amines) is 1. The summed E-state index contributed by atoms with van der Waals surface area (Å²) in [6.45, 7) is 9.99. The zero-order chi connectivity index (χ0) is 16.5. The maximum atomic E-state index is 13.1. The van der Waals surface area contributed by atoms with Gasteiger partial charge in [-0.25, -0.2) is 0 Å². The monoisotopic (exact) mass is 315 g/mol. The van der Waals surface area contributed by atoms with Crippen LogP contribution in [-0.2, 0) is 4.79 Å². The first-order valence-electron chi connectivity index (χ1n) is 8.75. The summed E-state index contributed by atoms with van der Waals surface area (Å²) in [5, 5.41) is 6.89. The van der Waals surface area contributed by atoms with Gasteiger partial charge in [0.1, 0.15) is 5.54 Å². The average molecular weight is 315 g/mol. The van der Waals surface area contributed by atoms with Crippen LogP contribution in [0.25, 0.3) is 0 Å². The smallest absolute Gasteiger partial charge is 0.247 e. The van der Waals surface area contributed by atoms with Crippen molar-refractivity contribution in [1.29, 1.82) is 0 Å². The first kappa shape index (κ1) is 16.3. The number of carbonyl (C=O) groups excluding carboxylic acids is 1. The molecule has 4 nitrogen and oxygen atoms in total. The molecule has 126 valence electrons. The molecular weight excluding hydrogens is 286 g/mol. The van der Waals surface area contributed by atoms with E-state index in [1.807, 2.05) is 26.0 Å². The molecule has 1 atom stereocenters. The second-order valence-corrected chi connectivity index (χ2v) is 7.87. The summed E-state index contributed by atoms with van der Waals surface area (Å²) in [5.74, 6) is 0.212. The molecule has 0 radical (unpaired) electrons. The molecule has 0 aliphatic carbocycles. The fraction of sp³-hybridized carbons (Fsp3) is 0.632. The van der Waals surface area contributed by atoms with Crippen LogP contribution in [0.5, 0.6) is 0 Å². The summed E-state index contributed by atoms with van der Waals surface area (Å²) in [6, 6.07) is 8.23. The lowest BCUT2D eigenvalue weighted by Crippen LogP contribution is -2.55. The van der Waals surface area contributed by atoms with Gasteiger partial charge in [0.05, 0.1) is 0 Å². The van der Waals surface area contributed by atoms with E-state index in [0.717, 1.165) is 38.3 Å². The van der Waals surface area contributed by atoms with Crippen LogP contribution >= 0.6 is 0 Å². The van der Waals surface area contributed by atoms with Crippen molar-refractivity contribution in [2.45, 2.75) is 45.6 Å². The van der Waals surface area contributed by atoms with E-state index >= 15 is 0 Å². The lowest BCUT2D eigenvalue weighted by atomic mass is 9.79. The molecule has 2 saturated heterocycles. The number of rotatable bonds is 3. The van der Waals surface area contributed by atoms with Crippen molar-refractivity contribution >= 4 is 11.6 Å². The molecule has 23 heavy (non-hydrogen) atoms. The van der Waals surface area contributed by atoms with Gasteiger partial charge in [-0.2, -0.15) is 0 Å². The fourth-order valence-electron chi connectivity index (χ4n) is 3.97. The van der Waals surface area contributed by atoms with Crippen molar-refractivity contribution in [2.24, 2.45) is 5.41 Å². The Balaban J connectivity index is 1.69. The van der Waals surface area contributed by atoms with Gasteiger partial charge in [0, 0.05) is 30.7 Å². The Hall–Kier alpha value is -1.55. The molecular formula is C19H29N3O. The first-order valence-corrected chi connectivity index (χ1v) is 8.75. The number of hydrogen-bond donors (Lipinski definition) is 2. The Morgan fingerprint density at radius 1 is 1.26 bits per heavy atom. The molecule has 1 aromatic carbocycles. The molecule has 2 fully saturated rings. The van der Waals surface area contributed by atoms with Crippen LogP contribution in [0, 0.1) is 12.3 Å². The highest BCUT2D eigenvalue weighted by molar-refractivity contribution is 5.88. The number of hydrogen-bond acceptors (Lipinski definition) is 3. The van der Waals surface area contributed by atoms with E-state index in [1.54, 1.807) is 0 Å². The van der Waals surface area contributed by atoms with E-state index in [4.69, 9.17) is 0 Å². The third-order valence-corrected chi connectivity index (χ3v) is 5.32. The highest BCUT2D eigenvalue weighted by Crippen LogP contribution is 2.36. The van der Waals surface area contributed by atoms with Gasteiger partial charge in [-0.3, -0.25) is 4.79 Å². The first-order chi connectivity index (χ1) is 10.9. The van der Waals surface area contributed by atoms with Crippen LogP contribution in [0.1, 0.15) is 38.7 Å². The van der Waals surface area contributed by atoms with E-state index in [9.17, 15) is 4.79 Å². The fourth-order valence-corrected chi connectivity index (χ4v) is 3.97. The number of benzene rings is 1. The largest absolute Gasteiger partial charge is 0.372 e. The molecule has 1 aromatic rings. The molecule has 3 rings (SSSR count). The summed E-state index contributed by atoms with van der Waals surface area (Å²) >= 11 is 0. The highest BCUT2D eigenvalue weighted by Gasteiger charge is 2.42. The average Bonchev–Trinajstić information content (AvgIpc) is 2.96. The molecule has 0 saturated carbocycles. The van der Waals surface area contributed by atoms with Gasteiger partial charge in [0.2, 0.25) is 5.91 Å². The molecule has 2 aliphatic rings. The summed E-state index contributed by atoms with van der Waals surface area (Å²) < 4.78 is 0. The van der Waals surface area contributed by atoms with Crippen molar-refractivity contribution in [3.05, 3.63) is 29.8 Å². The van der Waals surface area contributed by atoms with Crippen LogP contribution < -0.4 is 10.6 Å². The maximum Gasteiger partial charge on any atom is 0.247 e. The van der Waals surface area contributed by atoms with Gasteiger partial charge in [-0.1, -0.05) is 17.7 Å². The molecule has 1 amide bonds. The van der Waals surface area contributed by atoms with Gasteiger partial charge in [0.15, 0.2) is 0 Å². The molecule has 2 aliphatic heterocycles. The molecule has 0 aromatic heterocycles. The van der Waals surface area contributed by atoms with Gasteiger partial charge in [-0.05, 0) is 58.7 Å². The zero-order valence-corrected chi connectivity index (χ0v) is 14.6. The Morgan fingerprint density at radius 3 is 2.65 bits per heavy atom. The van der Waals surface area contributed by atoms with Crippen LogP contribution in [-0.4, -0.2) is 42.5 Å². The molecule has 0 bridgehead atoms. The summed E-state index contributed by atoms with van der Waals surface area (Å²) in [6.07, 6.45) is 3.56. The third kappa shape index (κ3) is 3.52. The van der Waals surface area contributed by atoms with Gasteiger partial charge >= 0.3 is 0 Å².